The SMILES string of the molecule is CC(O)C(=O)N1CCC2=C3C(=Nc4ccccc43)C=NC2C1. The van der Waals surface area contributed by atoms with Crippen molar-refractivity contribution in [3.63, 3.8) is 0 Å². The van der Waals surface area contributed by atoms with Gasteiger partial charge in [0.1, 0.15) is 6.10 Å². The lowest BCUT2D eigenvalue weighted by Gasteiger charge is -2.36. The van der Waals surface area contributed by atoms with E-state index in [1.807, 2.05) is 24.4 Å². The molecular formula is C17H17N3O2. The first-order valence-electron chi connectivity index (χ1n) is 7.56. The number of fused-ring (bicyclic) bond motifs is 4. The van der Waals surface area contributed by atoms with Crippen LogP contribution < -0.4 is 0 Å². The third-order valence-electron chi connectivity index (χ3n) is 4.48. The van der Waals surface area contributed by atoms with Gasteiger partial charge in [-0.1, -0.05) is 18.2 Å². The molecule has 1 aromatic carbocycles. The van der Waals surface area contributed by atoms with Crippen LogP contribution in [-0.2, 0) is 4.79 Å². The normalized spacial score (nSPS) is 23.6. The van der Waals surface area contributed by atoms with E-state index in [1.165, 1.54) is 23.6 Å². The van der Waals surface area contributed by atoms with E-state index in [0.29, 0.717) is 13.1 Å². The summed E-state index contributed by atoms with van der Waals surface area (Å²) < 4.78 is 0. The molecule has 1 fully saturated rings. The van der Waals surface area contributed by atoms with Crippen LogP contribution in [-0.4, -0.2) is 53.1 Å². The second-order valence-electron chi connectivity index (χ2n) is 5.92. The topological polar surface area (TPSA) is 65.3 Å². The number of likely N-dealkylation sites (tertiary alicyclic amines) is 1. The van der Waals surface area contributed by atoms with Gasteiger partial charge in [-0.25, -0.2) is 4.99 Å². The Bertz CT molecular complexity index is 746. The van der Waals surface area contributed by atoms with Crippen LogP contribution in [0.15, 0.2) is 39.8 Å². The largest absolute Gasteiger partial charge is 0.384 e. The molecule has 3 aliphatic rings. The maximum Gasteiger partial charge on any atom is 0.251 e. The van der Waals surface area contributed by atoms with Crippen molar-refractivity contribution < 1.29 is 9.90 Å². The highest BCUT2D eigenvalue weighted by Crippen LogP contribution is 2.40. The van der Waals surface area contributed by atoms with Gasteiger partial charge in [0, 0.05) is 30.4 Å². The highest BCUT2D eigenvalue weighted by Gasteiger charge is 2.35. The molecule has 3 heterocycles. The van der Waals surface area contributed by atoms with Crippen LogP contribution in [0.2, 0.25) is 0 Å². The van der Waals surface area contributed by atoms with Gasteiger partial charge in [-0.05, 0) is 25.0 Å². The Morgan fingerprint density at radius 2 is 2.23 bits per heavy atom. The third-order valence-corrected chi connectivity index (χ3v) is 4.48. The van der Waals surface area contributed by atoms with Crippen molar-refractivity contribution in [2.75, 3.05) is 13.1 Å². The zero-order chi connectivity index (χ0) is 15.3. The Balaban J connectivity index is 1.70. The number of rotatable bonds is 1. The molecule has 4 rings (SSSR count). The number of aliphatic hydroxyl groups is 1. The van der Waals surface area contributed by atoms with Crippen LogP contribution in [0.3, 0.4) is 0 Å². The smallest absolute Gasteiger partial charge is 0.251 e. The first kappa shape index (κ1) is 13.4. The summed E-state index contributed by atoms with van der Waals surface area (Å²) in [7, 11) is 0. The van der Waals surface area contributed by atoms with E-state index in [-0.39, 0.29) is 11.9 Å². The van der Waals surface area contributed by atoms with Crippen molar-refractivity contribution in [2.24, 2.45) is 9.98 Å². The first-order valence-corrected chi connectivity index (χ1v) is 7.56. The van der Waals surface area contributed by atoms with E-state index in [9.17, 15) is 9.90 Å². The van der Waals surface area contributed by atoms with Crippen molar-refractivity contribution in [1.82, 2.24) is 4.90 Å². The second kappa shape index (κ2) is 4.88. The lowest BCUT2D eigenvalue weighted by molar-refractivity contribution is -0.139. The van der Waals surface area contributed by atoms with Crippen LogP contribution in [0.25, 0.3) is 5.57 Å². The highest BCUT2D eigenvalue weighted by molar-refractivity contribution is 6.54. The van der Waals surface area contributed by atoms with Gasteiger partial charge in [-0.3, -0.25) is 9.79 Å². The van der Waals surface area contributed by atoms with Gasteiger partial charge in [0.05, 0.1) is 17.4 Å². The number of nitrogens with zero attached hydrogens (tertiary/aromatic N) is 3. The summed E-state index contributed by atoms with van der Waals surface area (Å²) in [5, 5.41) is 9.49. The van der Waals surface area contributed by atoms with E-state index < -0.39 is 6.10 Å². The highest BCUT2D eigenvalue weighted by atomic mass is 16.3. The molecule has 0 aliphatic carbocycles. The van der Waals surface area contributed by atoms with Gasteiger partial charge in [0.25, 0.3) is 5.91 Å². The number of dihydropyridines is 1. The minimum atomic E-state index is -0.953. The molecule has 1 N–H and O–H groups in total. The minimum Gasteiger partial charge on any atom is -0.384 e. The standard InChI is InChI=1S/C17H17N3O2/c1-10(21)17(22)20-7-6-12-15(9-20)18-8-14-16(12)11-4-2-3-5-13(11)19-14/h2-5,8,10,15,21H,6-7,9H2,1H3. The zero-order valence-corrected chi connectivity index (χ0v) is 12.4. The molecule has 1 aromatic rings. The summed E-state index contributed by atoms with van der Waals surface area (Å²) in [5.41, 5.74) is 5.55. The zero-order valence-electron chi connectivity index (χ0n) is 12.4. The molecule has 2 atom stereocenters. The maximum absolute atomic E-state index is 12.0. The Kier molecular flexibility index (Phi) is 2.97. The molecule has 1 amide bonds. The lowest BCUT2D eigenvalue weighted by Crippen LogP contribution is -2.47. The molecule has 112 valence electrons. The fraction of sp³-hybridized carbons (Fsp3) is 0.353. The number of hydrogen-bond acceptors (Lipinski definition) is 4. The molecule has 0 aromatic heterocycles. The maximum atomic E-state index is 12.0. The number of amides is 1. The predicted molar refractivity (Wildman–Crippen MR) is 85.6 cm³/mol. The summed E-state index contributed by atoms with van der Waals surface area (Å²) in [5.74, 6) is -0.217. The second-order valence-corrected chi connectivity index (χ2v) is 5.92. The van der Waals surface area contributed by atoms with E-state index in [0.717, 1.165) is 17.8 Å². The molecule has 3 aliphatic heterocycles. The van der Waals surface area contributed by atoms with Crippen molar-refractivity contribution in [1.29, 1.82) is 0 Å². The van der Waals surface area contributed by atoms with Gasteiger partial charge >= 0.3 is 0 Å². The van der Waals surface area contributed by atoms with Crippen molar-refractivity contribution in [3.8, 4) is 0 Å². The van der Waals surface area contributed by atoms with Crippen LogP contribution in [0.4, 0.5) is 5.69 Å². The van der Waals surface area contributed by atoms with E-state index in [1.54, 1.807) is 4.90 Å². The molecule has 0 bridgehead atoms. The molecule has 1 saturated heterocycles. The Morgan fingerprint density at radius 3 is 3.05 bits per heavy atom. The van der Waals surface area contributed by atoms with Crippen LogP contribution in [0.1, 0.15) is 18.9 Å². The van der Waals surface area contributed by atoms with Gasteiger partial charge in [-0.15, -0.1) is 0 Å². The van der Waals surface area contributed by atoms with Gasteiger partial charge in [0.2, 0.25) is 0 Å². The fourth-order valence-electron chi connectivity index (χ4n) is 3.42. The van der Waals surface area contributed by atoms with Crippen molar-refractivity contribution >= 4 is 29.1 Å². The number of piperidine rings is 1. The fourth-order valence-corrected chi connectivity index (χ4v) is 3.42. The number of carbonyl (C=O) groups is 1. The molecule has 0 saturated carbocycles. The molecule has 5 heteroatoms. The molecule has 2 unspecified atom stereocenters. The summed E-state index contributed by atoms with van der Waals surface area (Å²) in [6, 6.07) is 8.11. The Morgan fingerprint density at radius 1 is 1.41 bits per heavy atom. The molecular weight excluding hydrogens is 278 g/mol. The van der Waals surface area contributed by atoms with E-state index >= 15 is 0 Å². The predicted octanol–water partition coefficient (Wildman–Crippen LogP) is 1.59. The number of allylic oxidation sites excluding steroid dienone is 1. The summed E-state index contributed by atoms with van der Waals surface area (Å²) >= 11 is 0. The molecule has 22 heavy (non-hydrogen) atoms. The average molecular weight is 295 g/mol. The average Bonchev–Trinajstić information content (AvgIpc) is 2.92. The Labute approximate surface area is 128 Å². The van der Waals surface area contributed by atoms with Gasteiger partial charge in [-0.2, -0.15) is 0 Å². The Hall–Kier alpha value is -2.27. The number of para-hydroxylation sites is 1. The van der Waals surface area contributed by atoms with Crippen LogP contribution in [0, 0.1) is 0 Å². The number of benzene rings is 1. The number of carbonyl (C=O) groups excluding carboxylic acids is 1. The summed E-state index contributed by atoms with van der Waals surface area (Å²) in [4.78, 5) is 22.9. The summed E-state index contributed by atoms with van der Waals surface area (Å²) in [6.07, 6.45) is 1.65. The van der Waals surface area contributed by atoms with Crippen molar-refractivity contribution in [2.45, 2.75) is 25.5 Å². The number of hydrogen-bond donors (Lipinski definition) is 1. The number of aliphatic hydroxyl groups excluding tert-OH is 1. The quantitative estimate of drug-likeness (QED) is 0.855. The van der Waals surface area contributed by atoms with E-state index in [2.05, 4.69) is 16.1 Å². The minimum absolute atomic E-state index is 0.0171. The van der Waals surface area contributed by atoms with E-state index in [4.69, 9.17) is 0 Å². The monoisotopic (exact) mass is 295 g/mol. The first-order chi connectivity index (χ1) is 10.6. The molecule has 0 spiro atoms. The summed E-state index contributed by atoms with van der Waals surface area (Å²) in [6.45, 7) is 2.68. The van der Waals surface area contributed by atoms with Gasteiger partial charge < -0.3 is 10.0 Å². The molecule has 0 radical (unpaired) electrons. The van der Waals surface area contributed by atoms with Crippen LogP contribution in [0.5, 0.6) is 0 Å². The van der Waals surface area contributed by atoms with Gasteiger partial charge in [0.15, 0.2) is 0 Å². The van der Waals surface area contributed by atoms with Crippen LogP contribution >= 0.6 is 0 Å². The molecule has 5 nitrogen and oxygen atoms in total. The van der Waals surface area contributed by atoms with Crippen molar-refractivity contribution in [3.05, 3.63) is 35.4 Å². The lowest BCUT2D eigenvalue weighted by atomic mass is 9.86. The number of aliphatic imine (C=N–C) groups is 2. The third kappa shape index (κ3) is 1.93.